The second-order valence-electron chi connectivity index (χ2n) is 6.34. The van der Waals surface area contributed by atoms with Gasteiger partial charge in [-0.25, -0.2) is 0 Å². The zero-order valence-corrected chi connectivity index (χ0v) is 13.1. The summed E-state index contributed by atoms with van der Waals surface area (Å²) in [4.78, 5) is 14.8. The lowest BCUT2D eigenvalue weighted by atomic mass is 9.93. The topological polar surface area (TPSA) is 73.6 Å². The molecule has 1 heterocycles. The van der Waals surface area contributed by atoms with E-state index in [9.17, 15) is 9.90 Å². The molecule has 1 aliphatic carbocycles. The number of ether oxygens (including phenoxy) is 1. The molecule has 1 N–H and O–H groups in total. The van der Waals surface area contributed by atoms with Crippen molar-refractivity contribution >= 4 is 5.91 Å². The van der Waals surface area contributed by atoms with Crippen molar-refractivity contribution in [2.75, 3.05) is 19.8 Å². The van der Waals surface area contributed by atoms with Crippen molar-refractivity contribution in [2.24, 2.45) is 5.92 Å². The number of morpholine rings is 1. The van der Waals surface area contributed by atoms with E-state index in [0.717, 1.165) is 24.8 Å². The van der Waals surface area contributed by atoms with Crippen molar-refractivity contribution in [2.45, 2.75) is 37.8 Å². The summed E-state index contributed by atoms with van der Waals surface area (Å²) in [5.74, 6) is 0.0683. The van der Waals surface area contributed by atoms with Gasteiger partial charge in [0, 0.05) is 18.0 Å². The molecular formula is C18H22N2O3. The second-order valence-corrected chi connectivity index (χ2v) is 6.34. The van der Waals surface area contributed by atoms with Gasteiger partial charge in [0.25, 0.3) is 5.91 Å². The van der Waals surface area contributed by atoms with Crippen molar-refractivity contribution in [3.63, 3.8) is 0 Å². The summed E-state index contributed by atoms with van der Waals surface area (Å²) >= 11 is 0. The Kier molecular flexibility index (Phi) is 4.94. The maximum Gasteiger partial charge on any atom is 0.254 e. The average Bonchev–Trinajstić information content (AvgIpc) is 3.01. The van der Waals surface area contributed by atoms with Crippen molar-refractivity contribution in [3.8, 4) is 6.07 Å². The zero-order chi connectivity index (χ0) is 16.2. The van der Waals surface area contributed by atoms with Gasteiger partial charge >= 0.3 is 0 Å². The van der Waals surface area contributed by atoms with E-state index in [0.29, 0.717) is 31.7 Å². The summed E-state index contributed by atoms with van der Waals surface area (Å²) in [6, 6.07) is 9.31. The number of carbonyl (C=O) groups is 1. The number of rotatable bonds is 3. The molecule has 0 unspecified atom stereocenters. The first-order valence-corrected chi connectivity index (χ1v) is 8.23. The van der Waals surface area contributed by atoms with E-state index >= 15 is 0 Å². The summed E-state index contributed by atoms with van der Waals surface area (Å²) in [6.45, 7) is 1.57. The van der Waals surface area contributed by atoms with E-state index in [2.05, 4.69) is 6.07 Å². The fourth-order valence-corrected chi connectivity index (χ4v) is 3.72. The Labute approximate surface area is 136 Å². The van der Waals surface area contributed by atoms with Crippen LogP contribution in [0, 0.1) is 17.2 Å². The van der Waals surface area contributed by atoms with Crippen LogP contribution in [0.4, 0.5) is 0 Å². The predicted molar refractivity (Wildman–Crippen MR) is 84.8 cm³/mol. The molecule has 1 saturated carbocycles. The molecular weight excluding hydrogens is 292 g/mol. The van der Waals surface area contributed by atoms with Crippen LogP contribution in [0.15, 0.2) is 24.3 Å². The first kappa shape index (κ1) is 16.0. The lowest BCUT2D eigenvalue weighted by molar-refractivity contribution is -0.0383. The van der Waals surface area contributed by atoms with Crippen LogP contribution in [0.2, 0.25) is 0 Å². The number of nitriles is 1. The molecule has 1 aromatic rings. The van der Waals surface area contributed by atoms with Crippen molar-refractivity contribution in [3.05, 3.63) is 35.4 Å². The molecule has 23 heavy (non-hydrogen) atoms. The first-order chi connectivity index (χ1) is 11.2. The van der Waals surface area contributed by atoms with Gasteiger partial charge in [-0.05, 0) is 30.5 Å². The molecule has 0 spiro atoms. The summed E-state index contributed by atoms with van der Waals surface area (Å²) in [7, 11) is 0. The van der Waals surface area contributed by atoms with E-state index in [1.807, 2.05) is 17.0 Å². The van der Waals surface area contributed by atoms with Crippen LogP contribution >= 0.6 is 0 Å². The van der Waals surface area contributed by atoms with Gasteiger partial charge < -0.3 is 14.7 Å². The Bertz CT molecular complexity index is 611. The van der Waals surface area contributed by atoms with Crippen LogP contribution in [-0.2, 0) is 11.2 Å². The number of aliphatic hydroxyl groups excluding tert-OH is 1. The van der Waals surface area contributed by atoms with Crippen molar-refractivity contribution in [1.29, 1.82) is 5.26 Å². The zero-order valence-electron chi connectivity index (χ0n) is 13.1. The molecule has 1 aliphatic heterocycles. The highest BCUT2D eigenvalue weighted by Gasteiger charge is 2.39. The Morgan fingerprint density at radius 2 is 2.30 bits per heavy atom. The van der Waals surface area contributed by atoms with Crippen molar-refractivity contribution in [1.82, 2.24) is 4.90 Å². The number of carbonyl (C=O) groups excluding carboxylic acids is 1. The molecule has 0 aromatic heterocycles. The quantitative estimate of drug-likeness (QED) is 0.922. The van der Waals surface area contributed by atoms with E-state index in [1.165, 1.54) is 0 Å². The largest absolute Gasteiger partial charge is 0.393 e. The van der Waals surface area contributed by atoms with Crippen LogP contribution in [-0.4, -0.2) is 47.8 Å². The molecule has 0 bridgehead atoms. The van der Waals surface area contributed by atoms with Crippen LogP contribution in [0.3, 0.4) is 0 Å². The van der Waals surface area contributed by atoms with Gasteiger partial charge in [-0.2, -0.15) is 5.26 Å². The molecule has 1 amide bonds. The van der Waals surface area contributed by atoms with Gasteiger partial charge in [-0.1, -0.05) is 18.6 Å². The SMILES string of the molecule is N#CCc1cccc(C(=O)N2CCOC[C@@H]2[C@@H]2CCC[C@@H]2O)c1. The molecule has 1 aromatic carbocycles. The molecule has 5 nitrogen and oxygen atoms in total. The maximum atomic E-state index is 12.9. The van der Waals surface area contributed by atoms with E-state index in [1.54, 1.807) is 12.1 Å². The smallest absolute Gasteiger partial charge is 0.254 e. The van der Waals surface area contributed by atoms with Gasteiger partial charge in [0.15, 0.2) is 0 Å². The summed E-state index contributed by atoms with van der Waals surface area (Å²) in [6.07, 6.45) is 2.70. The summed E-state index contributed by atoms with van der Waals surface area (Å²) in [5.41, 5.74) is 1.46. The van der Waals surface area contributed by atoms with Gasteiger partial charge in [0.2, 0.25) is 0 Å². The Hall–Kier alpha value is -1.90. The highest BCUT2D eigenvalue weighted by atomic mass is 16.5. The van der Waals surface area contributed by atoms with Gasteiger partial charge in [-0.15, -0.1) is 0 Å². The third-order valence-electron chi connectivity index (χ3n) is 4.91. The summed E-state index contributed by atoms with van der Waals surface area (Å²) in [5, 5.41) is 19.0. The van der Waals surface area contributed by atoms with Crippen LogP contribution in [0.25, 0.3) is 0 Å². The number of hydrogen-bond donors (Lipinski definition) is 1. The molecule has 0 radical (unpaired) electrons. The highest BCUT2D eigenvalue weighted by Crippen LogP contribution is 2.32. The number of hydrogen-bond acceptors (Lipinski definition) is 4. The van der Waals surface area contributed by atoms with Crippen LogP contribution < -0.4 is 0 Å². The lowest BCUT2D eigenvalue weighted by Crippen LogP contribution is -2.53. The minimum Gasteiger partial charge on any atom is -0.393 e. The van der Waals surface area contributed by atoms with Crippen molar-refractivity contribution < 1.29 is 14.6 Å². The predicted octanol–water partition coefficient (Wildman–Crippen LogP) is 1.75. The summed E-state index contributed by atoms with van der Waals surface area (Å²) < 4.78 is 5.57. The third kappa shape index (κ3) is 3.39. The number of aliphatic hydroxyl groups is 1. The van der Waals surface area contributed by atoms with Gasteiger partial charge in [-0.3, -0.25) is 4.79 Å². The average molecular weight is 314 g/mol. The fourth-order valence-electron chi connectivity index (χ4n) is 3.72. The maximum absolute atomic E-state index is 12.9. The standard InChI is InChI=1S/C18H22N2O3/c19-8-7-13-3-1-4-14(11-13)18(22)20-9-10-23-12-16(20)15-5-2-6-17(15)21/h1,3-4,11,15-17,21H,2,5-7,9-10,12H2/t15-,16+,17-/m0/s1. The Balaban J connectivity index is 1.81. The second kappa shape index (κ2) is 7.12. The molecule has 2 fully saturated rings. The lowest BCUT2D eigenvalue weighted by Gasteiger charge is -2.40. The van der Waals surface area contributed by atoms with Gasteiger partial charge in [0.1, 0.15) is 0 Å². The van der Waals surface area contributed by atoms with E-state index in [4.69, 9.17) is 10.00 Å². The number of benzene rings is 1. The molecule has 5 heteroatoms. The molecule has 1 saturated heterocycles. The number of nitrogens with zero attached hydrogens (tertiary/aromatic N) is 2. The molecule has 3 atom stereocenters. The van der Waals surface area contributed by atoms with E-state index < -0.39 is 0 Å². The highest BCUT2D eigenvalue weighted by molar-refractivity contribution is 5.94. The number of amides is 1. The normalized spacial score (nSPS) is 27.7. The van der Waals surface area contributed by atoms with Gasteiger partial charge in [0.05, 0.1) is 37.8 Å². The fraction of sp³-hybridized carbons (Fsp3) is 0.556. The Morgan fingerprint density at radius 3 is 3.04 bits per heavy atom. The van der Waals surface area contributed by atoms with Crippen LogP contribution in [0.5, 0.6) is 0 Å². The Morgan fingerprint density at radius 1 is 1.43 bits per heavy atom. The molecule has 2 aliphatic rings. The third-order valence-corrected chi connectivity index (χ3v) is 4.91. The van der Waals surface area contributed by atoms with Crippen LogP contribution in [0.1, 0.15) is 35.2 Å². The molecule has 3 rings (SSSR count). The molecule has 122 valence electrons. The van der Waals surface area contributed by atoms with E-state index in [-0.39, 0.29) is 24.0 Å². The minimum atomic E-state index is -0.345. The monoisotopic (exact) mass is 314 g/mol. The minimum absolute atomic E-state index is 0.0304. The first-order valence-electron chi connectivity index (χ1n) is 8.23.